The van der Waals surface area contributed by atoms with E-state index in [1.165, 1.54) is 6.20 Å². The van der Waals surface area contributed by atoms with E-state index in [1.807, 2.05) is 30.3 Å². The molecule has 27 heavy (non-hydrogen) atoms. The summed E-state index contributed by atoms with van der Waals surface area (Å²) in [6.07, 6.45) is 2.98. The summed E-state index contributed by atoms with van der Waals surface area (Å²) < 4.78 is 0. The topological polar surface area (TPSA) is 100 Å². The van der Waals surface area contributed by atoms with Crippen LogP contribution in [-0.4, -0.2) is 29.3 Å². The summed E-state index contributed by atoms with van der Waals surface area (Å²) in [6, 6.07) is 16.4. The number of nitrogens with one attached hydrogen (secondary N) is 3. The lowest BCUT2D eigenvalue weighted by Gasteiger charge is -2.08. The molecule has 0 bridgehead atoms. The van der Waals surface area contributed by atoms with E-state index in [9.17, 15) is 14.4 Å². The van der Waals surface area contributed by atoms with E-state index in [0.717, 1.165) is 10.8 Å². The molecule has 0 aliphatic heterocycles. The van der Waals surface area contributed by atoms with Crippen LogP contribution >= 0.6 is 0 Å². The smallest absolute Gasteiger partial charge is 0.271 e. The third-order valence-electron chi connectivity index (χ3n) is 3.89. The fourth-order valence-corrected chi connectivity index (χ4v) is 2.48. The molecule has 0 atom stereocenters. The summed E-state index contributed by atoms with van der Waals surface area (Å²) in [5, 5.41) is 4.72. The molecule has 1 aromatic heterocycles. The zero-order valence-electron chi connectivity index (χ0n) is 14.4. The van der Waals surface area contributed by atoms with Gasteiger partial charge in [0.25, 0.3) is 11.8 Å². The average Bonchev–Trinajstić information content (AvgIpc) is 2.72. The number of carbonyl (C=O) groups is 3. The Morgan fingerprint density at radius 1 is 0.815 bits per heavy atom. The zero-order chi connectivity index (χ0) is 19.1. The van der Waals surface area contributed by atoms with Crippen molar-refractivity contribution >= 4 is 28.5 Å². The predicted octanol–water partition coefficient (Wildman–Crippen LogP) is 1.82. The quantitative estimate of drug-likeness (QED) is 0.603. The van der Waals surface area contributed by atoms with E-state index >= 15 is 0 Å². The third kappa shape index (κ3) is 4.88. The maximum atomic E-state index is 12.2. The molecule has 0 saturated heterocycles. The summed E-state index contributed by atoms with van der Waals surface area (Å²) in [4.78, 5) is 39.6. The monoisotopic (exact) mass is 362 g/mol. The van der Waals surface area contributed by atoms with Gasteiger partial charge < -0.3 is 5.32 Å². The molecular weight excluding hydrogens is 344 g/mol. The van der Waals surface area contributed by atoms with Crippen molar-refractivity contribution in [2.45, 2.75) is 6.42 Å². The summed E-state index contributed by atoms with van der Waals surface area (Å²) >= 11 is 0. The van der Waals surface area contributed by atoms with E-state index in [0.29, 0.717) is 11.1 Å². The second-order valence-corrected chi connectivity index (χ2v) is 5.81. The lowest BCUT2D eigenvalue weighted by Crippen LogP contribution is -2.42. The summed E-state index contributed by atoms with van der Waals surface area (Å²) in [5.74, 6) is -1.13. The number of benzene rings is 2. The summed E-state index contributed by atoms with van der Waals surface area (Å²) in [7, 11) is 0. The summed E-state index contributed by atoms with van der Waals surface area (Å²) in [6.45, 7) is 0.153. The van der Waals surface area contributed by atoms with Crippen LogP contribution in [-0.2, 0) is 4.79 Å². The van der Waals surface area contributed by atoms with Crippen LogP contribution in [0, 0.1) is 0 Å². The molecule has 0 radical (unpaired) electrons. The number of pyridine rings is 1. The molecule has 0 fully saturated rings. The second-order valence-electron chi connectivity index (χ2n) is 5.81. The molecule has 0 spiro atoms. The zero-order valence-corrected chi connectivity index (χ0v) is 14.4. The number of rotatable bonds is 5. The highest BCUT2D eigenvalue weighted by Crippen LogP contribution is 2.15. The molecule has 3 aromatic rings. The van der Waals surface area contributed by atoms with Crippen LogP contribution in [0.2, 0.25) is 0 Å². The van der Waals surface area contributed by atoms with Crippen molar-refractivity contribution in [3.05, 3.63) is 78.1 Å². The molecule has 3 rings (SSSR count). The van der Waals surface area contributed by atoms with Gasteiger partial charge in [-0.15, -0.1) is 0 Å². The lowest BCUT2D eigenvalue weighted by molar-refractivity contribution is -0.121. The van der Waals surface area contributed by atoms with Crippen molar-refractivity contribution in [1.82, 2.24) is 21.2 Å². The standard InChI is InChI=1S/C20H18N4O3/c25-18(23-24-20(27)17-6-3-10-21-13-17)9-11-22-19(26)16-8-7-14-4-1-2-5-15(14)12-16/h1-8,10,12-13H,9,11H2,(H,22,26)(H,23,25)(H,24,27). The van der Waals surface area contributed by atoms with Gasteiger partial charge in [0, 0.05) is 30.9 Å². The van der Waals surface area contributed by atoms with E-state index in [2.05, 4.69) is 21.2 Å². The molecule has 7 heteroatoms. The highest BCUT2D eigenvalue weighted by molar-refractivity contribution is 5.99. The first-order valence-corrected chi connectivity index (χ1v) is 8.40. The van der Waals surface area contributed by atoms with Crippen molar-refractivity contribution in [1.29, 1.82) is 0 Å². The van der Waals surface area contributed by atoms with Crippen molar-refractivity contribution < 1.29 is 14.4 Å². The molecule has 0 aliphatic carbocycles. The minimum Gasteiger partial charge on any atom is -0.352 e. The number of hydrogen-bond acceptors (Lipinski definition) is 4. The number of carbonyl (C=O) groups excluding carboxylic acids is 3. The number of hydrogen-bond donors (Lipinski definition) is 3. The van der Waals surface area contributed by atoms with Gasteiger partial charge in [-0.2, -0.15) is 0 Å². The molecule has 2 aromatic carbocycles. The van der Waals surface area contributed by atoms with Gasteiger partial charge in [-0.1, -0.05) is 30.3 Å². The minimum atomic E-state index is -0.461. The Morgan fingerprint density at radius 3 is 2.41 bits per heavy atom. The van der Waals surface area contributed by atoms with Crippen LogP contribution in [0.25, 0.3) is 10.8 Å². The molecule has 0 unspecified atom stereocenters. The Balaban J connectivity index is 1.43. The first-order chi connectivity index (χ1) is 13.1. The van der Waals surface area contributed by atoms with Crippen LogP contribution in [0.1, 0.15) is 27.1 Å². The fraction of sp³-hybridized carbons (Fsp3) is 0.100. The number of fused-ring (bicyclic) bond motifs is 1. The van der Waals surface area contributed by atoms with Crippen LogP contribution in [0.4, 0.5) is 0 Å². The van der Waals surface area contributed by atoms with Crippen LogP contribution in [0.3, 0.4) is 0 Å². The molecule has 7 nitrogen and oxygen atoms in total. The largest absolute Gasteiger partial charge is 0.352 e. The van der Waals surface area contributed by atoms with Gasteiger partial charge in [-0.05, 0) is 35.0 Å². The number of aromatic nitrogens is 1. The van der Waals surface area contributed by atoms with E-state index in [-0.39, 0.29) is 18.9 Å². The van der Waals surface area contributed by atoms with Crippen molar-refractivity contribution in [3.63, 3.8) is 0 Å². The van der Waals surface area contributed by atoms with Crippen molar-refractivity contribution in [3.8, 4) is 0 Å². The Bertz CT molecular complexity index is 973. The molecule has 0 aliphatic rings. The van der Waals surface area contributed by atoms with Gasteiger partial charge in [0.2, 0.25) is 5.91 Å². The third-order valence-corrected chi connectivity index (χ3v) is 3.89. The van der Waals surface area contributed by atoms with Crippen LogP contribution in [0.15, 0.2) is 67.0 Å². The number of hydrazine groups is 1. The normalized spacial score (nSPS) is 10.2. The first-order valence-electron chi connectivity index (χ1n) is 8.40. The average molecular weight is 362 g/mol. The number of amides is 3. The predicted molar refractivity (Wildman–Crippen MR) is 101 cm³/mol. The first kappa shape index (κ1) is 18.1. The van der Waals surface area contributed by atoms with Gasteiger partial charge in [0.15, 0.2) is 0 Å². The fourth-order valence-electron chi connectivity index (χ4n) is 2.48. The van der Waals surface area contributed by atoms with Crippen molar-refractivity contribution in [2.75, 3.05) is 6.54 Å². The molecule has 3 N–H and O–H groups in total. The minimum absolute atomic E-state index is 0.0344. The Hall–Kier alpha value is -3.74. The van der Waals surface area contributed by atoms with Crippen LogP contribution < -0.4 is 16.2 Å². The molecule has 3 amide bonds. The maximum absolute atomic E-state index is 12.2. The summed E-state index contributed by atoms with van der Waals surface area (Å²) in [5.41, 5.74) is 5.46. The number of nitrogens with zero attached hydrogens (tertiary/aromatic N) is 1. The Morgan fingerprint density at radius 2 is 1.63 bits per heavy atom. The Kier molecular flexibility index (Phi) is 5.73. The SMILES string of the molecule is O=C(CCNC(=O)c1ccc2ccccc2c1)NNC(=O)c1cccnc1. The Labute approximate surface area is 155 Å². The van der Waals surface area contributed by atoms with Gasteiger partial charge >= 0.3 is 0 Å². The van der Waals surface area contributed by atoms with E-state index in [4.69, 9.17) is 0 Å². The van der Waals surface area contributed by atoms with Crippen LogP contribution in [0.5, 0.6) is 0 Å². The van der Waals surface area contributed by atoms with Crippen molar-refractivity contribution in [2.24, 2.45) is 0 Å². The highest BCUT2D eigenvalue weighted by Gasteiger charge is 2.09. The second kappa shape index (κ2) is 8.57. The molecule has 1 heterocycles. The molecule has 136 valence electrons. The maximum Gasteiger partial charge on any atom is 0.271 e. The highest BCUT2D eigenvalue weighted by atomic mass is 16.2. The molecular formula is C20H18N4O3. The van der Waals surface area contributed by atoms with E-state index < -0.39 is 11.8 Å². The van der Waals surface area contributed by atoms with Gasteiger partial charge in [0.1, 0.15) is 0 Å². The lowest BCUT2D eigenvalue weighted by atomic mass is 10.1. The van der Waals surface area contributed by atoms with Gasteiger partial charge in [-0.3, -0.25) is 30.2 Å². The van der Waals surface area contributed by atoms with E-state index in [1.54, 1.807) is 30.5 Å². The van der Waals surface area contributed by atoms with Gasteiger partial charge in [0.05, 0.1) is 5.56 Å². The molecule has 0 saturated carbocycles. The van der Waals surface area contributed by atoms with Gasteiger partial charge in [-0.25, -0.2) is 0 Å².